The molecule has 0 heterocycles. The van der Waals surface area contributed by atoms with Gasteiger partial charge in [-0.1, -0.05) is 117 Å². The van der Waals surface area contributed by atoms with Gasteiger partial charge in [-0.3, -0.25) is 0 Å². The number of hydrogen-bond acceptors (Lipinski definition) is 3. The first kappa shape index (κ1) is 29.9. The highest BCUT2D eigenvalue weighted by Gasteiger charge is 2.11. The average molecular weight is 494 g/mol. The van der Waals surface area contributed by atoms with Gasteiger partial charge in [0.05, 0.1) is 5.56 Å². The summed E-state index contributed by atoms with van der Waals surface area (Å²) in [6.07, 6.45) is 18.6. The molecule has 200 valence electrons. The van der Waals surface area contributed by atoms with Crippen LogP contribution in [0.25, 0.3) is 0 Å². The molecule has 0 fully saturated rings. The smallest absolute Gasteiger partial charge is 0.343 e. The van der Waals surface area contributed by atoms with Crippen molar-refractivity contribution in [3.63, 3.8) is 0 Å². The Labute approximate surface area is 221 Å². The van der Waals surface area contributed by atoms with Crippen LogP contribution in [0.1, 0.15) is 127 Å². The summed E-state index contributed by atoms with van der Waals surface area (Å²) < 4.78 is 5.60. The topological polar surface area (TPSA) is 38.3 Å². The molecule has 0 aliphatic rings. The van der Waals surface area contributed by atoms with E-state index in [1.807, 2.05) is 48.5 Å². The fourth-order valence-corrected chi connectivity index (χ4v) is 4.56. The van der Waals surface area contributed by atoms with Gasteiger partial charge in [-0.05, 0) is 60.6 Å². The first-order valence-electron chi connectivity index (χ1n) is 14.5. The summed E-state index contributed by atoms with van der Waals surface area (Å²) in [6.45, 7) is 10.1. The maximum absolute atomic E-state index is 12.5. The minimum Gasteiger partial charge on any atom is -0.423 e. The van der Waals surface area contributed by atoms with Crippen LogP contribution in [-0.2, 0) is 6.42 Å². The summed E-state index contributed by atoms with van der Waals surface area (Å²) in [5.41, 5.74) is 3.17. The van der Waals surface area contributed by atoms with E-state index < -0.39 is 0 Å². The minimum absolute atomic E-state index is 0.307. The van der Waals surface area contributed by atoms with Crippen LogP contribution in [-0.4, -0.2) is 12.5 Å². The molecule has 0 amide bonds. The molecule has 3 heteroatoms. The molecule has 0 bridgehead atoms. The van der Waals surface area contributed by atoms with Gasteiger partial charge in [0.2, 0.25) is 0 Å². The standard InChI is InChI=1S/C33H51NO2/c1-5-28-20-16-17-21-31(28)36-32(35)29-22-24-30(25-23-29)34-27-19-15-13-11-9-7-6-8-10-12-14-18-26-33(2,3)4/h16-17,20-25,34H,5-15,18-19,26-27H2,1-4H3. The number of para-hydroxylation sites is 1. The summed E-state index contributed by atoms with van der Waals surface area (Å²) in [7, 11) is 0. The Hall–Kier alpha value is -2.29. The number of aryl methyl sites for hydroxylation is 1. The number of anilines is 1. The van der Waals surface area contributed by atoms with Crippen LogP contribution in [0.2, 0.25) is 0 Å². The van der Waals surface area contributed by atoms with E-state index in [-0.39, 0.29) is 5.97 Å². The molecule has 0 aliphatic heterocycles. The van der Waals surface area contributed by atoms with E-state index >= 15 is 0 Å². The van der Waals surface area contributed by atoms with E-state index in [4.69, 9.17) is 4.74 Å². The molecule has 2 aromatic rings. The van der Waals surface area contributed by atoms with Crippen molar-refractivity contribution in [1.29, 1.82) is 0 Å². The molecular formula is C33H51NO2. The molecule has 3 nitrogen and oxygen atoms in total. The predicted octanol–water partition coefficient (Wildman–Crippen LogP) is 10.00. The highest BCUT2D eigenvalue weighted by atomic mass is 16.5. The zero-order valence-corrected chi connectivity index (χ0v) is 23.5. The Kier molecular flexibility index (Phi) is 14.3. The molecule has 0 saturated carbocycles. The number of esters is 1. The molecule has 36 heavy (non-hydrogen) atoms. The fraction of sp³-hybridized carbons (Fsp3) is 0.606. The lowest BCUT2D eigenvalue weighted by Gasteiger charge is -2.17. The third-order valence-electron chi connectivity index (χ3n) is 6.86. The summed E-state index contributed by atoms with van der Waals surface area (Å²) in [6, 6.07) is 15.3. The Morgan fingerprint density at radius 2 is 1.25 bits per heavy atom. The van der Waals surface area contributed by atoms with Crippen LogP contribution in [0.5, 0.6) is 5.75 Å². The summed E-state index contributed by atoms with van der Waals surface area (Å²) >= 11 is 0. The zero-order chi connectivity index (χ0) is 26.1. The van der Waals surface area contributed by atoms with Crippen LogP contribution in [0.3, 0.4) is 0 Å². The van der Waals surface area contributed by atoms with Crippen molar-refractivity contribution in [3.8, 4) is 5.75 Å². The van der Waals surface area contributed by atoms with Gasteiger partial charge in [-0.25, -0.2) is 4.79 Å². The van der Waals surface area contributed by atoms with Crippen LogP contribution in [0, 0.1) is 5.41 Å². The first-order valence-corrected chi connectivity index (χ1v) is 14.5. The number of benzene rings is 2. The largest absolute Gasteiger partial charge is 0.423 e. The van der Waals surface area contributed by atoms with E-state index in [1.165, 1.54) is 83.5 Å². The molecule has 0 spiro atoms. The second-order valence-corrected chi connectivity index (χ2v) is 11.4. The Bertz CT molecular complexity index is 851. The Morgan fingerprint density at radius 3 is 1.81 bits per heavy atom. The van der Waals surface area contributed by atoms with Crippen molar-refractivity contribution in [2.24, 2.45) is 5.41 Å². The third-order valence-corrected chi connectivity index (χ3v) is 6.86. The van der Waals surface area contributed by atoms with Crippen molar-refractivity contribution in [2.75, 3.05) is 11.9 Å². The number of unbranched alkanes of at least 4 members (excludes halogenated alkanes) is 11. The summed E-state index contributed by atoms with van der Waals surface area (Å²) in [4.78, 5) is 12.5. The lowest BCUT2D eigenvalue weighted by molar-refractivity contribution is 0.0733. The second-order valence-electron chi connectivity index (χ2n) is 11.4. The van der Waals surface area contributed by atoms with Gasteiger partial charge in [0.1, 0.15) is 5.75 Å². The molecule has 2 rings (SSSR count). The molecule has 2 aromatic carbocycles. The highest BCUT2D eigenvalue weighted by molar-refractivity contribution is 5.91. The summed E-state index contributed by atoms with van der Waals surface area (Å²) in [5, 5.41) is 3.47. The van der Waals surface area contributed by atoms with Gasteiger partial charge in [0.25, 0.3) is 0 Å². The number of rotatable bonds is 18. The first-order chi connectivity index (χ1) is 17.4. The van der Waals surface area contributed by atoms with Gasteiger partial charge in [-0.2, -0.15) is 0 Å². The van der Waals surface area contributed by atoms with Crippen molar-refractivity contribution >= 4 is 11.7 Å². The van der Waals surface area contributed by atoms with Crippen LogP contribution < -0.4 is 10.1 Å². The molecule has 1 N–H and O–H groups in total. The van der Waals surface area contributed by atoms with Crippen LogP contribution in [0.4, 0.5) is 5.69 Å². The molecule has 0 unspecified atom stereocenters. The molecule has 0 radical (unpaired) electrons. The SMILES string of the molecule is CCc1ccccc1OC(=O)c1ccc(NCCCCCCCCCCCCCCC(C)(C)C)cc1. The van der Waals surface area contributed by atoms with Crippen molar-refractivity contribution in [2.45, 2.75) is 118 Å². The van der Waals surface area contributed by atoms with E-state index in [0.717, 1.165) is 24.2 Å². The normalized spacial score (nSPS) is 11.4. The number of carbonyl (C=O) groups excluding carboxylic acids is 1. The van der Waals surface area contributed by atoms with E-state index in [2.05, 4.69) is 33.0 Å². The Morgan fingerprint density at radius 1 is 0.722 bits per heavy atom. The zero-order valence-electron chi connectivity index (χ0n) is 23.5. The van der Waals surface area contributed by atoms with Gasteiger partial charge in [0.15, 0.2) is 0 Å². The van der Waals surface area contributed by atoms with Gasteiger partial charge < -0.3 is 10.1 Å². The molecule has 0 saturated heterocycles. The Balaban J connectivity index is 1.46. The maximum Gasteiger partial charge on any atom is 0.343 e. The van der Waals surface area contributed by atoms with Crippen molar-refractivity contribution in [3.05, 3.63) is 59.7 Å². The predicted molar refractivity (Wildman–Crippen MR) is 155 cm³/mol. The summed E-state index contributed by atoms with van der Waals surface area (Å²) in [5.74, 6) is 0.341. The van der Waals surface area contributed by atoms with Crippen molar-refractivity contribution < 1.29 is 9.53 Å². The van der Waals surface area contributed by atoms with Gasteiger partial charge in [-0.15, -0.1) is 0 Å². The minimum atomic E-state index is -0.307. The quantitative estimate of drug-likeness (QED) is 0.127. The third kappa shape index (κ3) is 13.1. The molecule has 0 atom stereocenters. The van der Waals surface area contributed by atoms with Crippen LogP contribution in [0.15, 0.2) is 48.5 Å². The lowest BCUT2D eigenvalue weighted by atomic mass is 9.89. The van der Waals surface area contributed by atoms with Crippen molar-refractivity contribution in [1.82, 2.24) is 0 Å². The second kappa shape index (κ2) is 17.2. The number of hydrogen-bond donors (Lipinski definition) is 1. The molecule has 0 aliphatic carbocycles. The highest BCUT2D eigenvalue weighted by Crippen LogP contribution is 2.23. The van der Waals surface area contributed by atoms with E-state index in [1.54, 1.807) is 0 Å². The number of ether oxygens (including phenoxy) is 1. The van der Waals surface area contributed by atoms with Gasteiger partial charge in [0, 0.05) is 12.2 Å². The van der Waals surface area contributed by atoms with E-state index in [0.29, 0.717) is 16.7 Å². The van der Waals surface area contributed by atoms with Gasteiger partial charge >= 0.3 is 5.97 Å². The number of nitrogens with one attached hydrogen (secondary N) is 1. The molecule has 0 aromatic heterocycles. The van der Waals surface area contributed by atoms with E-state index in [9.17, 15) is 4.79 Å². The maximum atomic E-state index is 12.5. The monoisotopic (exact) mass is 493 g/mol. The lowest BCUT2D eigenvalue weighted by Crippen LogP contribution is -2.10. The molecular weight excluding hydrogens is 442 g/mol. The average Bonchev–Trinajstić information content (AvgIpc) is 2.86. The number of carbonyl (C=O) groups is 1. The van der Waals surface area contributed by atoms with Crippen LogP contribution >= 0.6 is 0 Å². The fourth-order valence-electron chi connectivity index (χ4n) is 4.56.